The van der Waals surface area contributed by atoms with Crippen molar-refractivity contribution in [2.45, 2.75) is 45.3 Å². The van der Waals surface area contributed by atoms with Crippen LogP contribution in [0.2, 0.25) is 0 Å². The number of thioether (sulfide) groups is 2. The Kier molecular flexibility index (Phi) is 5.29. The molecule has 0 radical (unpaired) electrons. The first-order valence-electron chi connectivity index (χ1n) is 9.96. The lowest BCUT2D eigenvalue weighted by Gasteiger charge is -2.30. The second-order valence-corrected chi connectivity index (χ2v) is 11.4. The predicted molar refractivity (Wildman–Crippen MR) is 121 cm³/mol. The smallest absolute Gasteiger partial charge is 0.303 e. The number of carbonyl (C=O) groups excluding carboxylic acids is 1. The molecule has 0 bridgehead atoms. The molecule has 2 spiro atoms. The summed E-state index contributed by atoms with van der Waals surface area (Å²) in [4.78, 5) is 25.3. The number of carbonyl (C=O) groups is 2. The normalized spacial score (nSPS) is 22.9. The zero-order valence-electron chi connectivity index (χ0n) is 16.2. The van der Waals surface area contributed by atoms with Gasteiger partial charge in [-0.1, -0.05) is 30.0 Å². The molecule has 3 heterocycles. The number of hydrogen-bond donors (Lipinski definition) is 2. The fraction of sp³-hybridized carbons (Fsp3) is 0.364. The number of hydrogen-bond acceptors (Lipinski definition) is 6. The minimum atomic E-state index is -0.882. The number of epoxide rings is 1. The Morgan fingerprint density at radius 2 is 1.80 bits per heavy atom. The van der Waals surface area contributed by atoms with Gasteiger partial charge >= 0.3 is 5.97 Å². The van der Waals surface area contributed by atoms with Crippen molar-refractivity contribution in [2.75, 3.05) is 16.8 Å². The van der Waals surface area contributed by atoms with Crippen LogP contribution in [0.4, 0.5) is 5.69 Å². The van der Waals surface area contributed by atoms with Gasteiger partial charge in [0.25, 0.3) is 0 Å². The van der Waals surface area contributed by atoms with Gasteiger partial charge in [0.2, 0.25) is 5.91 Å². The maximum atomic E-state index is 12.3. The van der Waals surface area contributed by atoms with Gasteiger partial charge in [-0.05, 0) is 48.6 Å². The average Bonchev–Trinajstić information content (AvgIpc) is 3.36. The number of ether oxygens (including phenoxy) is 1. The van der Waals surface area contributed by atoms with Crippen LogP contribution in [0.15, 0.2) is 52.3 Å². The number of anilines is 1. The quantitative estimate of drug-likeness (QED) is 0.599. The van der Waals surface area contributed by atoms with Crippen LogP contribution in [-0.2, 0) is 19.9 Å². The van der Waals surface area contributed by atoms with Gasteiger partial charge < -0.3 is 15.2 Å². The molecule has 2 saturated heterocycles. The van der Waals surface area contributed by atoms with Gasteiger partial charge in [-0.15, -0.1) is 23.5 Å². The zero-order valence-corrected chi connectivity index (χ0v) is 18.6. The number of nitrogens with one attached hydrogen (secondary N) is 1. The molecule has 3 aliphatic heterocycles. The summed E-state index contributed by atoms with van der Waals surface area (Å²) in [7, 11) is 0. The zero-order chi connectivity index (χ0) is 20.8. The van der Waals surface area contributed by atoms with Crippen LogP contribution in [-0.4, -0.2) is 32.8 Å². The summed E-state index contributed by atoms with van der Waals surface area (Å²) in [5.41, 5.74) is 2.54. The maximum absolute atomic E-state index is 12.3. The van der Waals surface area contributed by atoms with Crippen molar-refractivity contribution in [3.63, 3.8) is 0 Å². The molecule has 2 aromatic rings. The number of rotatable bonds is 5. The van der Waals surface area contributed by atoms with E-state index in [1.165, 1.54) is 16.9 Å². The third kappa shape index (κ3) is 3.34. The topological polar surface area (TPSA) is 78.9 Å². The first-order chi connectivity index (χ1) is 14.5. The molecular weight excluding hydrogens is 438 g/mol. The highest BCUT2D eigenvalue weighted by Gasteiger charge is 2.75. The molecular formula is C22H21NO4S3. The molecule has 0 aromatic heterocycles. The van der Waals surface area contributed by atoms with E-state index in [9.17, 15) is 9.59 Å². The van der Waals surface area contributed by atoms with Crippen molar-refractivity contribution < 1.29 is 19.4 Å². The summed E-state index contributed by atoms with van der Waals surface area (Å²) in [5.74, 6) is 1.12. The molecule has 8 heteroatoms. The lowest BCUT2D eigenvalue weighted by atomic mass is 9.90. The van der Waals surface area contributed by atoms with Crippen LogP contribution in [0.1, 0.15) is 36.8 Å². The van der Waals surface area contributed by atoms with Crippen LogP contribution in [0.25, 0.3) is 0 Å². The van der Waals surface area contributed by atoms with Gasteiger partial charge in [0.15, 0.2) is 9.87 Å². The number of carboxylic acid groups (broad SMARTS) is 1. The second-order valence-electron chi connectivity index (χ2n) is 7.49. The SMILES string of the molecule is O=C(O)CCCC(=O)Nc1ccc2c(c1)C1(OC13SCCCS3)c1ccccc1S2. The Hall–Kier alpha value is -1.61. The van der Waals surface area contributed by atoms with Gasteiger partial charge in [-0.3, -0.25) is 9.59 Å². The molecule has 1 unspecified atom stereocenters. The third-order valence-corrected chi connectivity index (χ3v) is 9.82. The molecule has 156 valence electrons. The van der Waals surface area contributed by atoms with Crippen molar-refractivity contribution >= 4 is 52.8 Å². The van der Waals surface area contributed by atoms with Crippen molar-refractivity contribution in [1.29, 1.82) is 0 Å². The van der Waals surface area contributed by atoms with Gasteiger partial charge in [-0.2, -0.15) is 0 Å². The third-order valence-electron chi connectivity index (χ3n) is 5.47. The molecule has 1 atom stereocenters. The number of fused-ring (bicyclic) bond motifs is 5. The van der Waals surface area contributed by atoms with Crippen LogP contribution in [0.3, 0.4) is 0 Å². The molecule has 2 fully saturated rings. The number of aliphatic carboxylic acids is 1. The van der Waals surface area contributed by atoms with Crippen molar-refractivity contribution in [2.24, 2.45) is 0 Å². The van der Waals surface area contributed by atoms with Crippen LogP contribution in [0.5, 0.6) is 0 Å². The summed E-state index contributed by atoms with van der Waals surface area (Å²) >= 11 is 5.51. The van der Waals surface area contributed by atoms with Crippen LogP contribution < -0.4 is 5.32 Å². The molecule has 0 saturated carbocycles. The summed E-state index contributed by atoms with van der Waals surface area (Å²) in [6.07, 6.45) is 1.71. The molecule has 2 N–H and O–H groups in total. The minimum absolute atomic E-state index is 0.00104. The lowest BCUT2D eigenvalue weighted by molar-refractivity contribution is -0.137. The highest BCUT2D eigenvalue weighted by atomic mass is 32.2. The van der Waals surface area contributed by atoms with E-state index in [1.807, 2.05) is 35.7 Å². The summed E-state index contributed by atoms with van der Waals surface area (Å²) < 4.78 is 6.31. The van der Waals surface area contributed by atoms with E-state index in [0.29, 0.717) is 6.42 Å². The molecule has 5 rings (SSSR count). The fourth-order valence-electron chi connectivity index (χ4n) is 4.10. The van der Waals surface area contributed by atoms with E-state index in [2.05, 4.69) is 35.6 Å². The summed E-state index contributed by atoms with van der Waals surface area (Å²) in [5, 5.41) is 11.7. The van der Waals surface area contributed by atoms with Gasteiger partial charge in [-0.25, -0.2) is 0 Å². The molecule has 5 nitrogen and oxygen atoms in total. The first-order valence-corrected chi connectivity index (χ1v) is 12.7. The van der Waals surface area contributed by atoms with Gasteiger partial charge in [0.05, 0.1) is 0 Å². The number of carboxylic acids is 1. The van der Waals surface area contributed by atoms with Crippen molar-refractivity contribution in [3.05, 3.63) is 53.6 Å². The maximum Gasteiger partial charge on any atom is 0.303 e. The van der Waals surface area contributed by atoms with E-state index in [-0.39, 0.29) is 23.0 Å². The largest absolute Gasteiger partial charge is 0.481 e. The highest BCUT2D eigenvalue weighted by molar-refractivity contribution is 8.19. The summed E-state index contributed by atoms with van der Waals surface area (Å²) in [6, 6.07) is 14.4. The van der Waals surface area contributed by atoms with E-state index in [0.717, 1.165) is 27.7 Å². The van der Waals surface area contributed by atoms with E-state index in [4.69, 9.17) is 9.84 Å². The minimum Gasteiger partial charge on any atom is -0.481 e. The van der Waals surface area contributed by atoms with E-state index >= 15 is 0 Å². The molecule has 2 aromatic carbocycles. The van der Waals surface area contributed by atoms with E-state index < -0.39 is 11.6 Å². The van der Waals surface area contributed by atoms with Crippen molar-refractivity contribution in [3.8, 4) is 0 Å². The molecule has 30 heavy (non-hydrogen) atoms. The van der Waals surface area contributed by atoms with E-state index in [1.54, 1.807) is 11.8 Å². The highest BCUT2D eigenvalue weighted by Crippen LogP contribution is 2.75. The Bertz CT molecular complexity index is 1020. The van der Waals surface area contributed by atoms with Crippen LogP contribution >= 0.6 is 35.3 Å². The first kappa shape index (κ1) is 20.3. The number of benzene rings is 2. The van der Waals surface area contributed by atoms with Crippen LogP contribution in [0, 0.1) is 0 Å². The molecule has 3 aliphatic rings. The van der Waals surface area contributed by atoms with Gasteiger partial charge in [0, 0.05) is 39.4 Å². The monoisotopic (exact) mass is 459 g/mol. The number of amides is 1. The Balaban J connectivity index is 1.46. The predicted octanol–water partition coefficient (Wildman–Crippen LogP) is 5.14. The summed E-state index contributed by atoms with van der Waals surface area (Å²) in [6.45, 7) is 0. The second kappa shape index (κ2) is 7.82. The van der Waals surface area contributed by atoms with Crippen molar-refractivity contribution in [1.82, 2.24) is 0 Å². The Morgan fingerprint density at radius 1 is 1.03 bits per heavy atom. The fourth-order valence-corrected chi connectivity index (χ4v) is 8.60. The average molecular weight is 460 g/mol. The standard InChI is InChI=1S/C22H21NO4S3/c24-19(7-3-8-20(25)26)23-14-9-10-18-16(13-14)21(15-5-1-2-6-17(15)30-18)22(27-21)28-11-4-12-29-22/h1-2,5-6,9-10,13H,3-4,7-8,11-12H2,(H,23,24)(H,25,26). The Morgan fingerprint density at radius 3 is 2.60 bits per heavy atom. The molecule has 0 aliphatic carbocycles. The lowest BCUT2D eigenvalue weighted by Crippen LogP contribution is -2.26. The Labute approximate surface area is 187 Å². The molecule has 1 amide bonds. The van der Waals surface area contributed by atoms with Gasteiger partial charge in [0.1, 0.15) is 0 Å².